The predicted molar refractivity (Wildman–Crippen MR) is 135 cm³/mol. The predicted octanol–water partition coefficient (Wildman–Crippen LogP) is 4.50. The first-order valence-corrected chi connectivity index (χ1v) is 12.3. The maximum Gasteiger partial charge on any atom is 0.225 e. The minimum atomic E-state index is -0.227. The number of hydrogen-bond donors (Lipinski definition) is 1. The number of rotatable bonds is 6. The molecule has 2 aliphatic rings. The van der Waals surface area contributed by atoms with Crippen LogP contribution in [0.1, 0.15) is 54.4 Å². The molecule has 35 heavy (non-hydrogen) atoms. The number of nitrogens with zero attached hydrogens (tertiary/aromatic N) is 6. The number of benzene rings is 1. The smallest absolute Gasteiger partial charge is 0.225 e. The molecule has 0 bridgehead atoms. The topological polar surface area (TPSA) is 87.1 Å². The zero-order valence-electron chi connectivity index (χ0n) is 19.9. The molecule has 184 valence electrons. The molecule has 2 saturated heterocycles. The number of aldehydes is 1. The molecule has 2 aliphatic heterocycles. The zero-order chi connectivity index (χ0) is 24.3. The summed E-state index contributed by atoms with van der Waals surface area (Å²) in [7, 11) is 0. The van der Waals surface area contributed by atoms with Crippen molar-refractivity contribution in [2.24, 2.45) is 0 Å². The van der Waals surface area contributed by atoms with Crippen LogP contribution < -0.4 is 15.1 Å². The van der Waals surface area contributed by atoms with Crippen molar-refractivity contribution < 1.29 is 9.18 Å². The quantitative estimate of drug-likeness (QED) is 0.520. The molecule has 8 nitrogen and oxygen atoms in total. The Morgan fingerprint density at radius 2 is 1.23 bits per heavy atom. The zero-order valence-corrected chi connectivity index (χ0v) is 19.9. The van der Waals surface area contributed by atoms with E-state index in [2.05, 4.69) is 35.1 Å². The number of carbonyl (C=O) groups excluding carboxylic acids is 1. The lowest BCUT2D eigenvalue weighted by atomic mass is 10.1. The van der Waals surface area contributed by atoms with Crippen molar-refractivity contribution in [1.82, 2.24) is 19.9 Å². The molecule has 0 spiro atoms. The summed E-state index contributed by atoms with van der Waals surface area (Å²) in [5, 5.41) is 3.23. The van der Waals surface area contributed by atoms with Gasteiger partial charge in [-0.25, -0.2) is 24.3 Å². The Balaban J connectivity index is 0.000000179. The summed E-state index contributed by atoms with van der Waals surface area (Å²) in [5.74, 6) is 1.34. The highest BCUT2D eigenvalue weighted by Gasteiger charge is 2.13. The van der Waals surface area contributed by atoms with Crippen molar-refractivity contribution in [2.75, 3.05) is 41.3 Å². The molecule has 0 atom stereocenters. The summed E-state index contributed by atoms with van der Waals surface area (Å²) >= 11 is 0. The average Bonchev–Trinajstić information content (AvgIpc) is 2.94. The first kappa shape index (κ1) is 24.5. The maximum atomic E-state index is 12.8. The van der Waals surface area contributed by atoms with E-state index >= 15 is 0 Å². The van der Waals surface area contributed by atoms with Gasteiger partial charge in [0.1, 0.15) is 5.82 Å². The van der Waals surface area contributed by atoms with Crippen LogP contribution in [0.3, 0.4) is 0 Å². The molecule has 9 heteroatoms. The van der Waals surface area contributed by atoms with Crippen LogP contribution in [0, 0.1) is 5.82 Å². The second-order valence-corrected chi connectivity index (χ2v) is 8.78. The van der Waals surface area contributed by atoms with Gasteiger partial charge >= 0.3 is 0 Å². The molecular formula is C26H32FN7O. The van der Waals surface area contributed by atoms with Crippen molar-refractivity contribution in [1.29, 1.82) is 0 Å². The number of nitrogens with one attached hydrogen (secondary N) is 1. The van der Waals surface area contributed by atoms with E-state index < -0.39 is 0 Å². The molecule has 2 fully saturated rings. The largest absolute Gasteiger partial charge is 0.381 e. The Kier molecular flexibility index (Phi) is 8.91. The van der Waals surface area contributed by atoms with Crippen LogP contribution in [0.15, 0.2) is 49.1 Å². The Morgan fingerprint density at radius 3 is 1.71 bits per heavy atom. The fourth-order valence-electron chi connectivity index (χ4n) is 4.12. The second kappa shape index (κ2) is 12.7. The van der Waals surface area contributed by atoms with Gasteiger partial charge in [0.25, 0.3) is 0 Å². The molecular weight excluding hydrogens is 445 g/mol. The van der Waals surface area contributed by atoms with Crippen LogP contribution in [0.5, 0.6) is 0 Å². The third kappa shape index (κ3) is 7.43. The summed E-state index contributed by atoms with van der Waals surface area (Å²) < 4.78 is 12.8. The molecule has 1 aromatic carbocycles. The lowest BCUT2D eigenvalue weighted by Gasteiger charge is -2.26. The molecule has 0 aliphatic carbocycles. The van der Waals surface area contributed by atoms with Gasteiger partial charge in [-0.05, 0) is 62.8 Å². The minimum Gasteiger partial charge on any atom is -0.381 e. The molecule has 5 rings (SSSR count). The molecule has 0 radical (unpaired) electrons. The Morgan fingerprint density at radius 1 is 0.743 bits per heavy atom. The molecule has 0 unspecified atom stereocenters. The molecule has 3 aromatic rings. The Bertz CT molecular complexity index is 1030. The lowest BCUT2D eigenvalue weighted by molar-refractivity contribution is 0.112. The van der Waals surface area contributed by atoms with Crippen LogP contribution in [0.2, 0.25) is 0 Å². The van der Waals surface area contributed by atoms with Crippen LogP contribution in [-0.2, 0) is 6.54 Å². The standard InChI is InChI=1S/C16H19FN4.C10H13N3O/c17-14-4-6-15(7-5-14)18-10-13-11-19-16(20-12-13)21-8-2-1-3-9-21;14-8-9-6-11-10(12-7-9)13-4-2-1-3-5-13/h4-7,11-12,18H,1-3,8-10H2;6-8H,1-5H2. The van der Waals surface area contributed by atoms with Crippen molar-refractivity contribution in [3.05, 3.63) is 66.0 Å². The number of piperidine rings is 2. The fourth-order valence-corrected chi connectivity index (χ4v) is 4.12. The summed E-state index contributed by atoms with van der Waals surface area (Å²) in [6.45, 7) is 4.78. The van der Waals surface area contributed by atoms with Crippen LogP contribution in [-0.4, -0.2) is 52.4 Å². The Labute approximate surface area is 205 Å². The number of hydrogen-bond acceptors (Lipinski definition) is 8. The van der Waals surface area contributed by atoms with Gasteiger partial charge in [0.15, 0.2) is 6.29 Å². The normalized spacial score (nSPS) is 15.7. The van der Waals surface area contributed by atoms with Gasteiger partial charge in [-0.15, -0.1) is 0 Å². The van der Waals surface area contributed by atoms with Gasteiger partial charge in [0.2, 0.25) is 11.9 Å². The summed E-state index contributed by atoms with van der Waals surface area (Å²) in [6.07, 6.45) is 15.1. The number of aromatic nitrogens is 4. The highest BCUT2D eigenvalue weighted by Crippen LogP contribution is 2.16. The molecule has 1 N–H and O–H groups in total. The summed E-state index contributed by atoms with van der Waals surface area (Å²) in [4.78, 5) is 32.0. The average molecular weight is 478 g/mol. The minimum absolute atomic E-state index is 0.227. The first-order valence-electron chi connectivity index (χ1n) is 12.3. The number of halogens is 1. The van der Waals surface area contributed by atoms with E-state index in [1.165, 1.54) is 50.7 Å². The van der Waals surface area contributed by atoms with Gasteiger partial charge in [-0.3, -0.25) is 4.79 Å². The van der Waals surface area contributed by atoms with E-state index in [1.54, 1.807) is 24.5 Å². The fraction of sp³-hybridized carbons (Fsp3) is 0.423. The van der Waals surface area contributed by atoms with Gasteiger partial charge in [0.05, 0.1) is 5.56 Å². The van der Waals surface area contributed by atoms with Crippen molar-refractivity contribution >= 4 is 23.9 Å². The molecule has 2 aromatic heterocycles. The molecule has 4 heterocycles. The van der Waals surface area contributed by atoms with Gasteiger partial charge < -0.3 is 15.1 Å². The van der Waals surface area contributed by atoms with E-state index in [1.807, 2.05) is 12.4 Å². The summed E-state index contributed by atoms with van der Waals surface area (Å²) in [5.41, 5.74) is 2.43. The number of anilines is 3. The molecule has 0 amide bonds. The summed E-state index contributed by atoms with van der Waals surface area (Å²) in [6, 6.07) is 6.33. The van der Waals surface area contributed by atoms with E-state index in [0.717, 1.165) is 55.6 Å². The van der Waals surface area contributed by atoms with E-state index in [4.69, 9.17) is 0 Å². The highest BCUT2D eigenvalue weighted by molar-refractivity contribution is 5.73. The van der Waals surface area contributed by atoms with Gasteiger partial charge in [0, 0.05) is 68.8 Å². The molecule has 0 saturated carbocycles. The number of carbonyl (C=O) groups is 1. The Hall–Kier alpha value is -3.62. The third-order valence-corrected chi connectivity index (χ3v) is 6.10. The van der Waals surface area contributed by atoms with Crippen LogP contribution in [0.25, 0.3) is 0 Å². The maximum absolute atomic E-state index is 12.8. The van der Waals surface area contributed by atoms with Crippen LogP contribution in [0.4, 0.5) is 22.0 Å². The van der Waals surface area contributed by atoms with Gasteiger partial charge in [-0.1, -0.05) is 0 Å². The third-order valence-electron chi connectivity index (χ3n) is 6.10. The van der Waals surface area contributed by atoms with Crippen LogP contribution >= 0.6 is 0 Å². The van der Waals surface area contributed by atoms with E-state index in [9.17, 15) is 9.18 Å². The first-order chi connectivity index (χ1) is 17.2. The van der Waals surface area contributed by atoms with Crippen molar-refractivity contribution in [3.63, 3.8) is 0 Å². The van der Waals surface area contributed by atoms with Gasteiger partial charge in [-0.2, -0.15) is 0 Å². The highest BCUT2D eigenvalue weighted by atomic mass is 19.1. The SMILES string of the molecule is Fc1ccc(NCc2cnc(N3CCCCC3)nc2)cc1.O=Cc1cnc(N2CCCCC2)nc1. The second-order valence-electron chi connectivity index (χ2n) is 8.78. The monoisotopic (exact) mass is 477 g/mol. The van der Waals surface area contributed by atoms with Crippen molar-refractivity contribution in [2.45, 2.75) is 45.1 Å². The van der Waals surface area contributed by atoms with E-state index in [-0.39, 0.29) is 5.82 Å². The lowest BCUT2D eigenvalue weighted by Crippen LogP contribution is -2.30. The van der Waals surface area contributed by atoms with Crippen molar-refractivity contribution in [3.8, 4) is 0 Å². The van der Waals surface area contributed by atoms with E-state index in [0.29, 0.717) is 12.1 Å².